The molecule has 0 aliphatic carbocycles. The van der Waals surface area contributed by atoms with Crippen LogP contribution in [0.1, 0.15) is 37.7 Å². The van der Waals surface area contributed by atoms with Gasteiger partial charge in [-0.3, -0.25) is 9.59 Å². The van der Waals surface area contributed by atoms with Crippen LogP contribution in [0, 0.1) is 13.8 Å². The third-order valence-electron chi connectivity index (χ3n) is 4.70. The van der Waals surface area contributed by atoms with Gasteiger partial charge in [0, 0.05) is 28.4 Å². The lowest BCUT2D eigenvalue weighted by atomic mass is 10.1. The highest BCUT2D eigenvalue weighted by Gasteiger charge is 2.14. The Labute approximate surface area is 187 Å². The van der Waals surface area contributed by atoms with Crippen molar-refractivity contribution in [2.75, 3.05) is 5.32 Å². The van der Waals surface area contributed by atoms with Crippen molar-refractivity contribution in [3.8, 4) is 0 Å². The van der Waals surface area contributed by atoms with Crippen LogP contribution in [0.15, 0.2) is 63.9 Å². The van der Waals surface area contributed by atoms with Gasteiger partial charge in [-0.25, -0.2) is 9.78 Å². The molecule has 2 heterocycles. The number of fused-ring (bicyclic) bond motifs is 1. The molecule has 0 radical (unpaired) electrons. The number of esters is 1. The minimum atomic E-state index is -0.614. The molecule has 0 saturated heterocycles. The summed E-state index contributed by atoms with van der Waals surface area (Å²) in [4.78, 5) is 41.4. The Kier molecular flexibility index (Phi) is 5.79. The zero-order chi connectivity index (χ0) is 22.8. The van der Waals surface area contributed by atoms with Crippen LogP contribution < -0.4 is 10.9 Å². The number of nitrogens with one attached hydrogen (secondary N) is 1. The van der Waals surface area contributed by atoms with E-state index in [4.69, 9.17) is 20.9 Å². The molecule has 32 heavy (non-hydrogen) atoms. The Hall–Kier alpha value is -3.91. The predicted molar refractivity (Wildman–Crippen MR) is 118 cm³/mol. The largest absolute Gasteiger partial charge is 0.456 e. The molecule has 0 unspecified atom stereocenters. The molecule has 0 atom stereocenters. The van der Waals surface area contributed by atoms with Crippen LogP contribution in [0.25, 0.3) is 5.65 Å². The number of carbonyl (C=O) groups is 2. The minimum Gasteiger partial charge on any atom is -0.456 e. The molecule has 0 aliphatic heterocycles. The van der Waals surface area contributed by atoms with Crippen LogP contribution in [-0.2, 0) is 11.3 Å². The summed E-state index contributed by atoms with van der Waals surface area (Å²) >= 11 is 5.86. The lowest BCUT2D eigenvalue weighted by molar-refractivity contribution is 0.0467. The maximum absolute atomic E-state index is 12.5. The summed E-state index contributed by atoms with van der Waals surface area (Å²) in [6, 6.07) is 14.2. The van der Waals surface area contributed by atoms with E-state index in [1.54, 1.807) is 49.4 Å². The Bertz CT molecular complexity index is 1390. The van der Waals surface area contributed by atoms with Crippen molar-refractivity contribution in [3.63, 3.8) is 0 Å². The number of benzene rings is 2. The highest BCUT2D eigenvalue weighted by molar-refractivity contribution is 6.30. The van der Waals surface area contributed by atoms with Gasteiger partial charge in [-0.1, -0.05) is 17.7 Å². The lowest BCUT2D eigenvalue weighted by Gasteiger charge is -2.11. The van der Waals surface area contributed by atoms with Gasteiger partial charge in [0.25, 0.3) is 11.5 Å². The number of carbonyl (C=O) groups excluding carboxylic acids is 2. The molecule has 0 saturated carbocycles. The van der Waals surface area contributed by atoms with Crippen molar-refractivity contribution in [2.24, 2.45) is 0 Å². The first-order chi connectivity index (χ1) is 15.3. The average molecular weight is 452 g/mol. The SMILES string of the molecule is Cc1cc2nc(COC(=O)c3ccc(C)c(NC(=O)c4ccc(Cl)cc4)c3)cc(=O)n2o1. The van der Waals surface area contributed by atoms with Crippen molar-refractivity contribution in [2.45, 2.75) is 20.5 Å². The topological polar surface area (TPSA) is 103 Å². The molecule has 2 aromatic heterocycles. The molecular weight excluding hydrogens is 434 g/mol. The standard InChI is InChI=1S/C23H18ClN3O5/c1-13-3-4-16(10-19(13)26-22(29)15-5-7-17(24)8-6-15)23(30)31-12-18-11-21(28)27-20(25-18)9-14(2)32-27/h3-11H,12H2,1-2H3,(H,26,29). The first-order valence-electron chi connectivity index (χ1n) is 9.64. The fourth-order valence-corrected chi connectivity index (χ4v) is 3.18. The highest BCUT2D eigenvalue weighted by atomic mass is 35.5. The van der Waals surface area contributed by atoms with E-state index in [-0.39, 0.29) is 18.1 Å². The van der Waals surface area contributed by atoms with Crippen LogP contribution in [-0.4, -0.2) is 21.4 Å². The molecule has 0 aliphatic rings. The summed E-state index contributed by atoms with van der Waals surface area (Å²) < 4.78 is 11.6. The van der Waals surface area contributed by atoms with Crippen molar-refractivity contribution in [1.29, 1.82) is 0 Å². The van der Waals surface area contributed by atoms with Gasteiger partial charge in [-0.05, 0) is 55.8 Å². The molecule has 0 fully saturated rings. The number of aromatic nitrogens is 2. The first-order valence-corrected chi connectivity index (χ1v) is 10.0. The molecule has 0 bridgehead atoms. The fraction of sp³-hybridized carbons (Fsp3) is 0.130. The number of amides is 1. The monoisotopic (exact) mass is 451 g/mol. The molecule has 1 N–H and O–H groups in total. The van der Waals surface area contributed by atoms with Gasteiger partial charge in [-0.2, -0.15) is 0 Å². The number of hydrogen-bond acceptors (Lipinski definition) is 6. The zero-order valence-electron chi connectivity index (χ0n) is 17.2. The number of anilines is 1. The van der Waals surface area contributed by atoms with Gasteiger partial charge >= 0.3 is 5.97 Å². The number of aryl methyl sites for hydroxylation is 2. The molecule has 4 aromatic rings. The van der Waals surface area contributed by atoms with Crippen LogP contribution in [0.5, 0.6) is 0 Å². The summed E-state index contributed by atoms with van der Waals surface area (Å²) in [5, 5.41) is 3.32. The smallest absolute Gasteiger partial charge is 0.338 e. The Morgan fingerprint density at radius 3 is 2.53 bits per heavy atom. The molecule has 1 amide bonds. The van der Waals surface area contributed by atoms with Crippen LogP contribution in [0.3, 0.4) is 0 Å². The minimum absolute atomic E-state index is 0.185. The van der Waals surface area contributed by atoms with Gasteiger partial charge in [-0.15, -0.1) is 4.57 Å². The number of rotatable bonds is 5. The van der Waals surface area contributed by atoms with E-state index >= 15 is 0 Å². The van der Waals surface area contributed by atoms with E-state index < -0.39 is 11.5 Å². The fourth-order valence-electron chi connectivity index (χ4n) is 3.05. The Balaban J connectivity index is 1.47. The number of ether oxygens (including phenoxy) is 1. The second kappa shape index (κ2) is 8.68. The van der Waals surface area contributed by atoms with Gasteiger partial charge in [0.05, 0.1) is 11.3 Å². The summed E-state index contributed by atoms with van der Waals surface area (Å²) in [5.41, 5.74) is 2.17. The normalized spacial score (nSPS) is 10.8. The van der Waals surface area contributed by atoms with E-state index in [0.717, 1.165) is 10.1 Å². The second-order valence-electron chi connectivity index (χ2n) is 7.15. The quantitative estimate of drug-likeness (QED) is 0.457. The van der Waals surface area contributed by atoms with E-state index in [1.165, 1.54) is 12.1 Å². The predicted octanol–water partition coefficient (Wildman–Crippen LogP) is 4.17. The van der Waals surface area contributed by atoms with Crippen molar-refractivity contribution in [3.05, 3.63) is 98.1 Å². The average Bonchev–Trinajstić information content (AvgIpc) is 3.15. The summed E-state index contributed by atoms with van der Waals surface area (Å²) in [7, 11) is 0. The van der Waals surface area contributed by atoms with Crippen LogP contribution >= 0.6 is 11.6 Å². The summed E-state index contributed by atoms with van der Waals surface area (Å²) in [6.07, 6.45) is 0. The Morgan fingerprint density at radius 1 is 1.06 bits per heavy atom. The van der Waals surface area contributed by atoms with Crippen molar-refractivity contribution in [1.82, 2.24) is 9.56 Å². The van der Waals surface area contributed by atoms with E-state index in [0.29, 0.717) is 33.4 Å². The lowest BCUT2D eigenvalue weighted by Crippen LogP contribution is -2.15. The second-order valence-corrected chi connectivity index (χ2v) is 7.59. The van der Waals surface area contributed by atoms with Crippen molar-refractivity contribution < 1.29 is 18.8 Å². The summed E-state index contributed by atoms with van der Waals surface area (Å²) in [6.45, 7) is 3.33. The van der Waals surface area contributed by atoms with Crippen molar-refractivity contribution >= 4 is 34.8 Å². The maximum atomic E-state index is 12.5. The molecule has 162 valence electrons. The van der Waals surface area contributed by atoms with Gasteiger partial charge in [0.15, 0.2) is 5.65 Å². The van der Waals surface area contributed by atoms with E-state index in [9.17, 15) is 14.4 Å². The zero-order valence-corrected chi connectivity index (χ0v) is 18.0. The van der Waals surface area contributed by atoms with Gasteiger partial charge in [0.1, 0.15) is 12.4 Å². The van der Waals surface area contributed by atoms with Gasteiger partial charge in [0.2, 0.25) is 0 Å². The molecular formula is C23H18ClN3O5. The Morgan fingerprint density at radius 2 is 1.78 bits per heavy atom. The molecule has 9 heteroatoms. The third-order valence-corrected chi connectivity index (χ3v) is 4.96. The molecule has 8 nitrogen and oxygen atoms in total. The summed E-state index contributed by atoms with van der Waals surface area (Å²) in [5.74, 6) is -0.405. The van der Waals surface area contributed by atoms with E-state index in [1.807, 2.05) is 6.92 Å². The van der Waals surface area contributed by atoms with Gasteiger partial charge < -0.3 is 14.6 Å². The third kappa shape index (κ3) is 4.55. The number of halogens is 1. The number of hydrogen-bond donors (Lipinski definition) is 1. The first kappa shape index (κ1) is 21.3. The molecule has 4 rings (SSSR count). The van der Waals surface area contributed by atoms with Crippen LogP contribution in [0.2, 0.25) is 5.02 Å². The number of nitrogens with zero attached hydrogens (tertiary/aromatic N) is 2. The molecule has 2 aromatic carbocycles. The van der Waals surface area contributed by atoms with Crippen LogP contribution in [0.4, 0.5) is 5.69 Å². The highest BCUT2D eigenvalue weighted by Crippen LogP contribution is 2.20. The molecule has 0 spiro atoms. The van der Waals surface area contributed by atoms with E-state index in [2.05, 4.69) is 10.3 Å². The maximum Gasteiger partial charge on any atom is 0.338 e.